The van der Waals surface area contributed by atoms with Gasteiger partial charge in [-0.15, -0.1) is 0 Å². The maximum absolute atomic E-state index is 12.2. The van der Waals surface area contributed by atoms with Crippen LogP contribution in [0.1, 0.15) is 42.5 Å². The van der Waals surface area contributed by atoms with Crippen molar-refractivity contribution in [2.75, 3.05) is 0 Å². The van der Waals surface area contributed by atoms with Crippen LogP contribution in [0.3, 0.4) is 0 Å². The Balaban J connectivity index is 2.16. The van der Waals surface area contributed by atoms with Gasteiger partial charge in [0, 0.05) is 0 Å². The maximum Gasteiger partial charge on any atom is 0.254 e. The zero-order valence-corrected chi connectivity index (χ0v) is 10.8. The van der Waals surface area contributed by atoms with Gasteiger partial charge in [0.05, 0.1) is 16.7 Å². The Morgan fingerprint density at radius 2 is 1.94 bits per heavy atom. The number of nitriles is 1. The molecule has 3 nitrogen and oxygen atoms in total. The highest BCUT2D eigenvalue weighted by Gasteiger charge is 2.34. The molecule has 1 aromatic rings. The Morgan fingerprint density at radius 1 is 1.28 bits per heavy atom. The fourth-order valence-electron chi connectivity index (χ4n) is 2.35. The number of nitrogens with zero attached hydrogens (tertiary/aromatic N) is 1. The number of rotatable bonds is 2. The standard InChI is InChI=1S/C14H15ClN2O/c15-12-7-3-2-6-11(12)13(18)17-14(10-16)8-4-1-5-9-14/h2-3,6-7H,1,4-5,8-9H2,(H,17,18). The van der Waals surface area contributed by atoms with Crippen molar-refractivity contribution in [2.24, 2.45) is 0 Å². The first-order chi connectivity index (χ1) is 8.67. The van der Waals surface area contributed by atoms with Gasteiger partial charge in [-0.05, 0) is 25.0 Å². The highest BCUT2D eigenvalue weighted by atomic mass is 35.5. The van der Waals surface area contributed by atoms with Crippen molar-refractivity contribution in [3.63, 3.8) is 0 Å². The first kappa shape index (κ1) is 12.9. The first-order valence-electron chi connectivity index (χ1n) is 6.15. The van der Waals surface area contributed by atoms with Crippen molar-refractivity contribution in [1.29, 1.82) is 5.26 Å². The molecule has 0 bridgehead atoms. The summed E-state index contributed by atoms with van der Waals surface area (Å²) in [5.74, 6) is -0.260. The van der Waals surface area contributed by atoms with E-state index in [4.69, 9.17) is 11.6 Å². The molecule has 0 aliphatic heterocycles. The van der Waals surface area contributed by atoms with E-state index in [1.165, 1.54) is 0 Å². The smallest absolute Gasteiger partial charge is 0.254 e. The Morgan fingerprint density at radius 3 is 2.56 bits per heavy atom. The number of carbonyl (C=O) groups is 1. The average Bonchev–Trinajstić information content (AvgIpc) is 2.40. The Kier molecular flexibility index (Phi) is 3.88. The highest BCUT2D eigenvalue weighted by Crippen LogP contribution is 2.28. The first-order valence-corrected chi connectivity index (χ1v) is 6.53. The molecule has 18 heavy (non-hydrogen) atoms. The number of benzene rings is 1. The van der Waals surface area contributed by atoms with Gasteiger partial charge in [-0.1, -0.05) is 43.0 Å². The van der Waals surface area contributed by atoms with E-state index in [9.17, 15) is 10.1 Å². The number of halogens is 1. The maximum atomic E-state index is 12.2. The van der Waals surface area contributed by atoms with Gasteiger partial charge in [-0.25, -0.2) is 0 Å². The quantitative estimate of drug-likeness (QED) is 0.889. The van der Waals surface area contributed by atoms with E-state index in [1.54, 1.807) is 24.3 Å². The molecule has 1 amide bonds. The Bertz CT molecular complexity index is 487. The van der Waals surface area contributed by atoms with Gasteiger partial charge >= 0.3 is 0 Å². The van der Waals surface area contributed by atoms with Crippen LogP contribution in [0.15, 0.2) is 24.3 Å². The summed E-state index contributed by atoms with van der Waals surface area (Å²) in [5.41, 5.74) is -0.284. The van der Waals surface area contributed by atoms with Crippen molar-refractivity contribution in [2.45, 2.75) is 37.6 Å². The van der Waals surface area contributed by atoms with E-state index < -0.39 is 5.54 Å². The van der Waals surface area contributed by atoms with Crippen LogP contribution in [0.25, 0.3) is 0 Å². The number of hydrogen-bond acceptors (Lipinski definition) is 2. The lowest BCUT2D eigenvalue weighted by Gasteiger charge is -2.31. The van der Waals surface area contributed by atoms with E-state index in [0.717, 1.165) is 32.1 Å². The third-order valence-corrected chi connectivity index (χ3v) is 3.72. The lowest BCUT2D eigenvalue weighted by Crippen LogP contribution is -2.48. The molecular formula is C14H15ClN2O. The van der Waals surface area contributed by atoms with Crippen molar-refractivity contribution >= 4 is 17.5 Å². The third-order valence-electron chi connectivity index (χ3n) is 3.39. The summed E-state index contributed by atoms with van der Waals surface area (Å²) in [6, 6.07) is 9.15. The second kappa shape index (κ2) is 5.41. The number of hydrogen-bond donors (Lipinski definition) is 1. The average molecular weight is 263 g/mol. The van der Waals surface area contributed by atoms with Gasteiger partial charge in [0.25, 0.3) is 5.91 Å². The minimum atomic E-state index is -0.714. The second-order valence-electron chi connectivity index (χ2n) is 4.69. The Labute approximate surface area is 112 Å². The van der Waals surface area contributed by atoms with Crippen LogP contribution in [0.5, 0.6) is 0 Å². The second-order valence-corrected chi connectivity index (χ2v) is 5.10. The zero-order chi connectivity index (χ0) is 13.0. The molecule has 0 saturated heterocycles. The molecule has 94 valence electrons. The summed E-state index contributed by atoms with van der Waals surface area (Å²) in [6.07, 6.45) is 4.54. The van der Waals surface area contributed by atoms with E-state index in [0.29, 0.717) is 10.6 Å². The van der Waals surface area contributed by atoms with Crippen molar-refractivity contribution in [3.8, 4) is 6.07 Å². The molecule has 0 spiro atoms. The van der Waals surface area contributed by atoms with Crippen LogP contribution < -0.4 is 5.32 Å². The minimum absolute atomic E-state index is 0.260. The summed E-state index contributed by atoms with van der Waals surface area (Å²) in [5, 5.41) is 12.6. The van der Waals surface area contributed by atoms with Crippen LogP contribution in [0, 0.1) is 11.3 Å². The van der Waals surface area contributed by atoms with Gasteiger partial charge < -0.3 is 5.32 Å². The number of amides is 1. The SMILES string of the molecule is N#CC1(NC(=O)c2ccccc2Cl)CCCCC1. The monoisotopic (exact) mass is 262 g/mol. The van der Waals surface area contributed by atoms with Gasteiger partial charge in [-0.3, -0.25) is 4.79 Å². The summed E-state index contributed by atoms with van der Waals surface area (Å²) in [4.78, 5) is 12.2. The topological polar surface area (TPSA) is 52.9 Å². The minimum Gasteiger partial charge on any atom is -0.334 e. The van der Waals surface area contributed by atoms with Gasteiger partial charge in [0.2, 0.25) is 0 Å². The molecule has 0 aromatic heterocycles. The fourth-order valence-corrected chi connectivity index (χ4v) is 2.57. The lowest BCUT2D eigenvalue weighted by atomic mass is 9.82. The van der Waals surface area contributed by atoms with Crippen molar-refractivity contribution in [1.82, 2.24) is 5.32 Å². The summed E-state index contributed by atoms with van der Waals surface area (Å²) in [6.45, 7) is 0. The van der Waals surface area contributed by atoms with Gasteiger partial charge in [0.1, 0.15) is 5.54 Å². The summed E-state index contributed by atoms with van der Waals surface area (Å²) < 4.78 is 0. The molecule has 2 rings (SSSR count). The molecule has 0 heterocycles. The molecule has 1 fully saturated rings. The molecule has 0 unspecified atom stereocenters. The number of nitrogens with one attached hydrogen (secondary N) is 1. The highest BCUT2D eigenvalue weighted by molar-refractivity contribution is 6.33. The predicted octanol–water partition coefficient (Wildman–Crippen LogP) is 3.30. The molecule has 1 aliphatic carbocycles. The molecular weight excluding hydrogens is 248 g/mol. The van der Waals surface area contributed by atoms with Crippen molar-refractivity contribution in [3.05, 3.63) is 34.9 Å². The molecule has 1 aliphatic rings. The Hall–Kier alpha value is -1.53. The van der Waals surface area contributed by atoms with Crippen LogP contribution in [0.2, 0.25) is 5.02 Å². The largest absolute Gasteiger partial charge is 0.334 e. The van der Waals surface area contributed by atoms with Crippen LogP contribution in [0.4, 0.5) is 0 Å². The molecule has 1 saturated carbocycles. The number of carbonyl (C=O) groups excluding carboxylic acids is 1. The molecule has 4 heteroatoms. The van der Waals surface area contributed by atoms with Crippen molar-refractivity contribution < 1.29 is 4.79 Å². The molecule has 0 atom stereocenters. The molecule has 1 aromatic carbocycles. The van der Waals surface area contributed by atoms with E-state index in [-0.39, 0.29) is 5.91 Å². The summed E-state index contributed by atoms with van der Waals surface area (Å²) >= 11 is 5.98. The lowest BCUT2D eigenvalue weighted by molar-refractivity contribution is 0.0903. The normalized spacial score (nSPS) is 17.8. The van der Waals surface area contributed by atoms with E-state index in [2.05, 4.69) is 11.4 Å². The third kappa shape index (κ3) is 2.65. The van der Waals surface area contributed by atoms with Crippen LogP contribution in [-0.4, -0.2) is 11.4 Å². The van der Waals surface area contributed by atoms with Crippen LogP contribution >= 0.6 is 11.6 Å². The fraction of sp³-hybridized carbons (Fsp3) is 0.429. The molecule has 1 N–H and O–H groups in total. The van der Waals surface area contributed by atoms with Gasteiger partial charge in [0.15, 0.2) is 0 Å². The van der Waals surface area contributed by atoms with E-state index >= 15 is 0 Å². The summed E-state index contributed by atoms with van der Waals surface area (Å²) in [7, 11) is 0. The zero-order valence-electron chi connectivity index (χ0n) is 10.1. The van der Waals surface area contributed by atoms with E-state index in [1.807, 2.05) is 0 Å². The predicted molar refractivity (Wildman–Crippen MR) is 70.3 cm³/mol. The van der Waals surface area contributed by atoms with Crippen LogP contribution in [-0.2, 0) is 0 Å². The van der Waals surface area contributed by atoms with Gasteiger partial charge in [-0.2, -0.15) is 5.26 Å². The molecule has 0 radical (unpaired) electrons.